The van der Waals surface area contributed by atoms with Crippen molar-refractivity contribution in [1.82, 2.24) is 4.90 Å². The maximum atomic E-state index is 13.1. The predicted octanol–water partition coefficient (Wildman–Crippen LogP) is 1.03. The molecule has 3 N–H and O–H groups in total. The average molecular weight is 238 g/mol. The summed E-state index contributed by atoms with van der Waals surface area (Å²) >= 11 is 0. The lowest BCUT2D eigenvalue weighted by molar-refractivity contribution is 0.0742. The van der Waals surface area contributed by atoms with Gasteiger partial charge in [-0.2, -0.15) is 0 Å². The van der Waals surface area contributed by atoms with Crippen LogP contribution >= 0.6 is 0 Å². The smallest absolute Gasteiger partial charge is 0.254 e. The summed E-state index contributed by atoms with van der Waals surface area (Å²) in [6.45, 7) is 3.81. The van der Waals surface area contributed by atoms with Crippen LogP contribution in [-0.4, -0.2) is 35.6 Å². The molecule has 0 saturated heterocycles. The van der Waals surface area contributed by atoms with Crippen LogP contribution in [0, 0.1) is 5.82 Å². The molecule has 0 unspecified atom stereocenters. The van der Waals surface area contributed by atoms with Crippen molar-refractivity contribution in [3.63, 3.8) is 0 Å². The number of nitrogens with zero attached hydrogens (tertiary/aromatic N) is 1. The van der Waals surface area contributed by atoms with E-state index in [2.05, 4.69) is 6.58 Å². The Labute approximate surface area is 99.2 Å². The molecule has 1 rings (SSSR count). The van der Waals surface area contributed by atoms with Gasteiger partial charge in [0.2, 0.25) is 0 Å². The number of nitrogen functional groups attached to an aromatic ring is 1. The van der Waals surface area contributed by atoms with Crippen LogP contribution in [0.2, 0.25) is 0 Å². The molecule has 5 heteroatoms. The molecular weight excluding hydrogens is 223 g/mol. The van der Waals surface area contributed by atoms with Crippen LogP contribution in [0.15, 0.2) is 30.9 Å². The number of hydrogen-bond donors (Lipinski definition) is 2. The van der Waals surface area contributed by atoms with Crippen LogP contribution in [0.4, 0.5) is 10.1 Å². The molecule has 0 aliphatic heterocycles. The third-order valence-corrected chi connectivity index (χ3v) is 2.17. The molecule has 1 aromatic carbocycles. The van der Waals surface area contributed by atoms with Crippen molar-refractivity contribution in [3.8, 4) is 0 Å². The van der Waals surface area contributed by atoms with Crippen molar-refractivity contribution in [2.24, 2.45) is 0 Å². The molecule has 0 aliphatic carbocycles. The van der Waals surface area contributed by atoms with Gasteiger partial charge in [-0.1, -0.05) is 6.08 Å². The number of amides is 1. The summed E-state index contributed by atoms with van der Waals surface area (Å²) in [5, 5.41) is 8.84. The molecule has 0 fully saturated rings. The molecule has 0 atom stereocenters. The van der Waals surface area contributed by atoms with E-state index < -0.39 is 5.82 Å². The number of benzene rings is 1. The van der Waals surface area contributed by atoms with Crippen LogP contribution < -0.4 is 5.73 Å². The Balaban J connectivity index is 2.95. The molecule has 0 bridgehead atoms. The largest absolute Gasteiger partial charge is 0.399 e. The van der Waals surface area contributed by atoms with Crippen LogP contribution in [0.25, 0.3) is 0 Å². The third kappa shape index (κ3) is 3.57. The zero-order valence-corrected chi connectivity index (χ0v) is 9.40. The summed E-state index contributed by atoms with van der Waals surface area (Å²) in [7, 11) is 0. The predicted molar refractivity (Wildman–Crippen MR) is 64.0 cm³/mol. The first-order valence-corrected chi connectivity index (χ1v) is 5.15. The molecule has 0 spiro atoms. The topological polar surface area (TPSA) is 66.6 Å². The zero-order chi connectivity index (χ0) is 12.8. The first-order valence-electron chi connectivity index (χ1n) is 5.15. The number of aliphatic hydroxyl groups excluding tert-OH is 1. The number of anilines is 1. The summed E-state index contributed by atoms with van der Waals surface area (Å²) in [6.07, 6.45) is 1.54. The quantitative estimate of drug-likeness (QED) is 0.594. The Morgan fingerprint density at radius 1 is 1.53 bits per heavy atom. The Bertz CT molecular complexity index is 401. The van der Waals surface area contributed by atoms with E-state index in [0.29, 0.717) is 0 Å². The van der Waals surface area contributed by atoms with E-state index in [1.165, 1.54) is 17.0 Å². The monoisotopic (exact) mass is 238 g/mol. The van der Waals surface area contributed by atoms with Crippen molar-refractivity contribution < 1.29 is 14.3 Å². The third-order valence-electron chi connectivity index (χ3n) is 2.17. The lowest BCUT2D eigenvalue weighted by Crippen LogP contribution is -2.33. The SMILES string of the molecule is C=CCN(CCO)C(=O)c1cc(N)cc(F)c1. The molecule has 17 heavy (non-hydrogen) atoms. The van der Waals surface area contributed by atoms with Crippen LogP contribution in [0.5, 0.6) is 0 Å². The molecule has 0 aromatic heterocycles. The fraction of sp³-hybridized carbons (Fsp3) is 0.250. The summed E-state index contributed by atoms with van der Waals surface area (Å²) in [6, 6.07) is 3.66. The highest BCUT2D eigenvalue weighted by Gasteiger charge is 2.15. The lowest BCUT2D eigenvalue weighted by atomic mass is 10.1. The number of aliphatic hydroxyl groups is 1. The first-order chi connectivity index (χ1) is 8.08. The van der Waals surface area contributed by atoms with Gasteiger partial charge >= 0.3 is 0 Å². The molecule has 4 nitrogen and oxygen atoms in total. The maximum absolute atomic E-state index is 13.1. The minimum atomic E-state index is -0.559. The van der Waals surface area contributed by atoms with E-state index >= 15 is 0 Å². The molecular formula is C12H15FN2O2. The van der Waals surface area contributed by atoms with E-state index in [1.54, 1.807) is 0 Å². The van der Waals surface area contributed by atoms with Gasteiger partial charge in [-0.3, -0.25) is 4.79 Å². The Kier molecular flexibility index (Phi) is 4.66. The highest BCUT2D eigenvalue weighted by Crippen LogP contribution is 2.13. The van der Waals surface area contributed by atoms with Crippen molar-refractivity contribution >= 4 is 11.6 Å². The van der Waals surface area contributed by atoms with Gasteiger partial charge in [-0.25, -0.2) is 4.39 Å². The first kappa shape index (κ1) is 13.2. The van der Waals surface area contributed by atoms with Gasteiger partial charge in [0.1, 0.15) is 5.82 Å². The van der Waals surface area contributed by atoms with Gasteiger partial charge in [0.15, 0.2) is 0 Å². The lowest BCUT2D eigenvalue weighted by Gasteiger charge is -2.20. The fourth-order valence-corrected chi connectivity index (χ4v) is 1.47. The highest BCUT2D eigenvalue weighted by molar-refractivity contribution is 5.95. The minimum absolute atomic E-state index is 0.162. The van der Waals surface area contributed by atoms with Crippen molar-refractivity contribution in [3.05, 3.63) is 42.2 Å². The second-order valence-corrected chi connectivity index (χ2v) is 3.54. The number of hydrogen-bond acceptors (Lipinski definition) is 3. The fourth-order valence-electron chi connectivity index (χ4n) is 1.47. The molecule has 0 saturated carbocycles. The van der Waals surface area contributed by atoms with E-state index in [9.17, 15) is 9.18 Å². The number of carbonyl (C=O) groups is 1. The van der Waals surface area contributed by atoms with Gasteiger partial charge in [0.25, 0.3) is 5.91 Å². The molecule has 0 radical (unpaired) electrons. The Hall–Kier alpha value is -1.88. The van der Waals surface area contributed by atoms with Crippen LogP contribution in [0.1, 0.15) is 10.4 Å². The molecule has 0 aliphatic rings. The Morgan fingerprint density at radius 2 is 2.24 bits per heavy atom. The van der Waals surface area contributed by atoms with Gasteiger partial charge in [-0.15, -0.1) is 6.58 Å². The second kappa shape index (κ2) is 6.00. The normalized spacial score (nSPS) is 10.0. The van der Waals surface area contributed by atoms with E-state index in [4.69, 9.17) is 10.8 Å². The maximum Gasteiger partial charge on any atom is 0.254 e. The molecule has 1 aromatic rings. The Morgan fingerprint density at radius 3 is 2.76 bits per heavy atom. The minimum Gasteiger partial charge on any atom is -0.399 e. The molecule has 92 valence electrons. The van der Waals surface area contributed by atoms with Gasteiger partial charge in [0, 0.05) is 24.3 Å². The number of rotatable bonds is 5. The number of nitrogens with two attached hydrogens (primary N) is 1. The molecule has 1 amide bonds. The number of carbonyl (C=O) groups excluding carboxylic acids is 1. The standard InChI is InChI=1S/C12H15FN2O2/c1-2-3-15(4-5-16)12(17)9-6-10(13)8-11(14)7-9/h2,6-8,16H,1,3-5,14H2. The average Bonchev–Trinajstić information content (AvgIpc) is 2.26. The van der Waals surface area contributed by atoms with Crippen molar-refractivity contribution in [1.29, 1.82) is 0 Å². The second-order valence-electron chi connectivity index (χ2n) is 3.54. The van der Waals surface area contributed by atoms with E-state index in [-0.39, 0.29) is 36.9 Å². The van der Waals surface area contributed by atoms with Crippen molar-refractivity contribution in [2.45, 2.75) is 0 Å². The summed E-state index contributed by atoms with van der Waals surface area (Å²) in [4.78, 5) is 13.3. The van der Waals surface area contributed by atoms with Crippen LogP contribution in [0.3, 0.4) is 0 Å². The van der Waals surface area contributed by atoms with E-state index in [1.807, 2.05) is 0 Å². The zero-order valence-electron chi connectivity index (χ0n) is 9.40. The van der Waals surface area contributed by atoms with Gasteiger partial charge in [-0.05, 0) is 18.2 Å². The van der Waals surface area contributed by atoms with Crippen molar-refractivity contribution in [2.75, 3.05) is 25.4 Å². The van der Waals surface area contributed by atoms with Crippen LogP contribution in [-0.2, 0) is 0 Å². The molecule has 0 heterocycles. The highest BCUT2D eigenvalue weighted by atomic mass is 19.1. The van der Waals surface area contributed by atoms with Gasteiger partial charge in [0.05, 0.1) is 6.61 Å². The summed E-state index contributed by atoms with van der Waals surface area (Å²) in [5.41, 5.74) is 5.82. The van der Waals surface area contributed by atoms with Gasteiger partial charge < -0.3 is 15.7 Å². The summed E-state index contributed by atoms with van der Waals surface area (Å²) in [5.74, 6) is -0.943. The number of halogens is 1. The summed E-state index contributed by atoms with van der Waals surface area (Å²) < 4.78 is 13.1. The van der Waals surface area contributed by atoms with E-state index in [0.717, 1.165) is 12.1 Å².